The van der Waals surface area contributed by atoms with Gasteiger partial charge in [-0.3, -0.25) is 0 Å². The van der Waals surface area contributed by atoms with Crippen LogP contribution in [0.5, 0.6) is 0 Å². The average Bonchev–Trinajstić information content (AvgIpc) is 2.12. The topological polar surface area (TPSA) is 60.2 Å². The molecular weight excluding hydrogens is 218 g/mol. The van der Waals surface area contributed by atoms with Crippen LogP contribution in [0.3, 0.4) is 0 Å². The molecular formula is C9H21NO2S2. The van der Waals surface area contributed by atoms with Crippen molar-refractivity contribution in [1.82, 2.24) is 0 Å². The Morgan fingerprint density at radius 1 is 1.36 bits per heavy atom. The van der Waals surface area contributed by atoms with Crippen molar-refractivity contribution in [1.29, 1.82) is 0 Å². The predicted molar refractivity (Wildman–Crippen MR) is 64.5 cm³/mol. The average molecular weight is 239 g/mol. The zero-order valence-corrected chi connectivity index (χ0v) is 10.7. The number of thioether (sulfide) groups is 1. The lowest BCUT2D eigenvalue weighted by Crippen LogP contribution is -2.30. The molecule has 0 spiro atoms. The molecule has 0 aromatic carbocycles. The minimum atomic E-state index is -2.91. The lowest BCUT2D eigenvalue weighted by atomic mass is 10.3. The molecule has 0 aromatic rings. The molecule has 0 radical (unpaired) electrons. The first-order valence-corrected chi connectivity index (χ1v) is 8.03. The minimum Gasteiger partial charge on any atom is -0.327 e. The summed E-state index contributed by atoms with van der Waals surface area (Å²) in [5.74, 6) is 2.40. The monoisotopic (exact) mass is 239 g/mol. The minimum absolute atomic E-state index is 0.139. The number of hydrogen-bond donors (Lipinski definition) is 1. The van der Waals surface area contributed by atoms with Crippen molar-refractivity contribution in [2.45, 2.75) is 32.7 Å². The van der Waals surface area contributed by atoms with Crippen molar-refractivity contribution in [3.63, 3.8) is 0 Å². The summed E-state index contributed by atoms with van der Waals surface area (Å²) in [7, 11) is -2.91. The van der Waals surface area contributed by atoms with Gasteiger partial charge in [0.2, 0.25) is 0 Å². The van der Waals surface area contributed by atoms with E-state index in [1.165, 1.54) is 0 Å². The van der Waals surface area contributed by atoms with E-state index in [1.807, 2.05) is 6.92 Å². The van der Waals surface area contributed by atoms with Crippen LogP contribution < -0.4 is 5.73 Å². The molecule has 0 aliphatic rings. The molecule has 3 nitrogen and oxygen atoms in total. The van der Waals surface area contributed by atoms with Gasteiger partial charge in [-0.25, -0.2) is 8.42 Å². The van der Waals surface area contributed by atoms with E-state index < -0.39 is 9.84 Å². The molecule has 0 heterocycles. The second-order valence-corrected chi connectivity index (χ2v) is 6.96. The summed E-state index contributed by atoms with van der Waals surface area (Å²) >= 11 is 1.78. The molecule has 0 amide bonds. The molecule has 0 fully saturated rings. The van der Waals surface area contributed by atoms with Gasteiger partial charge in [0, 0.05) is 6.04 Å². The number of nitrogens with two attached hydrogens (primary N) is 1. The Balaban J connectivity index is 3.73. The second kappa shape index (κ2) is 7.54. The molecule has 14 heavy (non-hydrogen) atoms. The Kier molecular flexibility index (Phi) is 7.68. The van der Waals surface area contributed by atoms with E-state index in [-0.39, 0.29) is 17.5 Å². The van der Waals surface area contributed by atoms with Gasteiger partial charge < -0.3 is 5.73 Å². The fraction of sp³-hybridized carbons (Fsp3) is 1.00. The van der Waals surface area contributed by atoms with Gasteiger partial charge in [0.1, 0.15) is 0 Å². The Hall–Kier alpha value is 0.260. The summed E-state index contributed by atoms with van der Waals surface area (Å²) in [6, 6.07) is -0.196. The summed E-state index contributed by atoms with van der Waals surface area (Å²) in [5.41, 5.74) is 5.61. The highest BCUT2D eigenvalue weighted by atomic mass is 32.2. The van der Waals surface area contributed by atoms with Gasteiger partial charge in [0.05, 0.1) is 11.5 Å². The Labute approximate surface area is 91.7 Å². The van der Waals surface area contributed by atoms with Crippen LogP contribution in [-0.2, 0) is 9.84 Å². The third-order valence-corrected chi connectivity index (χ3v) is 4.77. The van der Waals surface area contributed by atoms with Crippen LogP contribution in [0.1, 0.15) is 26.7 Å². The molecule has 0 saturated heterocycles. The number of sulfone groups is 1. The summed E-state index contributed by atoms with van der Waals surface area (Å²) in [6.07, 6.45) is 1.47. The molecule has 0 aliphatic carbocycles. The zero-order valence-electron chi connectivity index (χ0n) is 9.03. The maximum absolute atomic E-state index is 11.5. The molecule has 0 rings (SSSR count). The van der Waals surface area contributed by atoms with Crippen molar-refractivity contribution < 1.29 is 8.42 Å². The molecule has 1 unspecified atom stereocenters. The van der Waals surface area contributed by atoms with Gasteiger partial charge in [-0.15, -0.1) is 0 Å². The highest BCUT2D eigenvalue weighted by molar-refractivity contribution is 7.99. The second-order valence-electron chi connectivity index (χ2n) is 3.33. The molecule has 0 aromatic heterocycles. The maximum atomic E-state index is 11.5. The molecule has 0 aliphatic heterocycles. The van der Waals surface area contributed by atoms with E-state index in [1.54, 1.807) is 11.8 Å². The summed E-state index contributed by atoms with van der Waals surface area (Å²) in [5, 5.41) is 0. The van der Waals surface area contributed by atoms with Crippen molar-refractivity contribution in [3.8, 4) is 0 Å². The van der Waals surface area contributed by atoms with E-state index in [9.17, 15) is 8.42 Å². The van der Waals surface area contributed by atoms with E-state index in [4.69, 9.17) is 5.73 Å². The van der Waals surface area contributed by atoms with Gasteiger partial charge in [-0.2, -0.15) is 11.8 Å². The quantitative estimate of drug-likeness (QED) is 0.648. The van der Waals surface area contributed by atoms with Gasteiger partial charge in [0.15, 0.2) is 9.84 Å². The van der Waals surface area contributed by atoms with E-state index in [2.05, 4.69) is 6.92 Å². The molecule has 0 saturated carbocycles. The third kappa shape index (κ3) is 7.64. The molecule has 5 heteroatoms. The fourth-order valence-corrected chi connectivity index (χ4v) is 3.51. The van der Waals surface area contributed by atoms with Gasteiger partial charge in [0.25, 0.3) is 0 Å². The standard InChI is InChI=1S/C9H21NO2S2/c1-3-9(10)8-14(11,12)7-5-6-13-4-2/h9H,3-8,10H2,1-2H3. The molecule has 1 atom stereocenters. The zero-order chi connectivity index (χ0) is 11.0. The van der Waals surface area contributed by atoms with Crippen LogP contribution in [0.2, 0.25) is 0 Å². The van der Waals surface area contributed by atoms with Crippen molar-refractivity contribution in [2.24, 2.45) is 5.73 Å². The SMILES string of the molecule is CCSCCCS(=O)(=O)CC(N)CC. The number of hydrogen-bond acceptors (Lipinski definition) is 4. The normalized spacial score (nSPS) is 14.2. The van der Waals surface area contributed by atoms with Crippen molar-refractivity contribution in [3.05, 3.63) is 0 Å². The first-order valence-electron chi connectivity index (χ1n) is 5.05. The van der Waals surface area contributed by atoms with E-state index in [0.717, 1.165) is 24.3 Å². The van der Waals surface area contributed by atoms with Gasteiger partial charge >= 0.3 is 0 Å². The summed E-state index contributed by atoms with van der Waals surface area (Å²) in [4.78, 5) is 0. The maximum Gasteiger partial charge on any atom is 0.151 e. The highest BCUT2D eigenvalue weighted by Crippen LogP contribution is 2.04. The third-order valence-electron chi connectivity index (χ3n) is 1.94. The van der Waals surface area contributed by atoms with Crippen molar-refractivity contribution >= 4 is 21.6 Å². The van der Waals surface area contributed by atoms with Gasteiger partial charge in [-0.1, -0.05) is 13.8 Å². The van der Waals surface area contributed by atoms with Gasteiger partial charge in [-0.05, 0) is 24.3 Å². The highest BCUT2D eigenvalue weighted by Gasteiger charge is 2.14. The van der Waals surface area contributed by atoms with E-state index >= 15 is 0 Å². The van der Waals surface area contributed by atoms with Crippen LogP contribution in [0.4, 0.5) is 0 Å². The predicted octanol–water partition coefficient (Wildman–Crippen LogP) is 1.28. The molecule has 86 valence electrons. The van der Waals surface area contributed by atoms with Crippen LogP contribution >= 0.6 is 11.8 Å². The Morgan fingerprint density at radius 2 is 2.00 bits per heavy atom. The molecule has 2 N–H and O–H groups in total. The van der Waals surface area contributed by atoms with Crippen LogP contribution in [-0.4, -0.2) is 37.5 Å². The van der Waals surface area contributed by atoms with E-state index in [0.29, 0.717) is 0 Å². The summed E-state index contributed by atoms with van der Waals surface area (Å²) in [6.45, 7) is 3.99. The van der Waals surface area contributed by atoms with Crippen LogP contribution in [0.15, 0.2) is 0 Å². The largest absolute Gasteiger partial charge is 0.327 e. The smallest absolute Gasteiger partial charge is 0.151 e. The summed E-state index contributed by atoms with van der Waals surface area (Å²) < 4.78 is 22.9. The lowest BCUT2D eigenvalue weighted by Gasteiger charge is -2.09. The molecule has 0 bridgehead atoms. The first-order chi connectivity index (χ1) is 6.52. The number of rotatable bonds is 8. The first kappa shape index (κ1) is 14.3. The lowest BCUT2D eigenvalue weighted by molar-refractivity contribution is 0.582. The Morgan fingerprint density at radius 3 is 2.50 bits per heavy atom. The van der Waals surface area contributed by atoms with Crippen LogP contribution in [0, 0.1) is 0 Å². The Bertz CT molecular complexity index is 227. The van der Waals surface area contributed by atoms with Crippen molar-refractivity contribution in [2.75, 3.05) is 23.0 Å². The van der Waals surface area contributed by atoms with Crippen LogP contribution in [0.25, 0.3) is 0 Å². The fourth-order valence-electron chi connectivity index (χ4n) is 1.05.